The zero-order valence-corrected chi connectivity index (χ0v) is 12.8. The summed E-state index contributed by atoms with van der Waals surface area (Å²) in [4.78, 5) is 0. The molecule has 0 fully saturated rings. The van der Waals surface area contributed by atoms with Crippen LogP contribution in [0.15, 0.2) is 60.7 Å². The summed E-state index contributed by atoms with van der Waals surface area (Å²) >= 11 is 0. The molecule has 0 aliphatic carbocycles. The molecule has 1 nitrogen and oxygen atoms in total. The van der Waals surface area contributed by atoms with Gasteiger partial charge in [-0.15, -0.1) is 0 Å². The number of nitrogens with one attached hydrogen (secondary N) is 1. The highest BCUT2D eigenvalue weighted by molar-refractivity contribution is 5.33. The van der Waals surface area contributed by atoms with Crippen LogP contribution >= 0.6 is 0 Å². The van der Waals surface area contributed by atoms with Crippen LogP contribution in [-0.2, 0) is 6.54 Å². The van der Waals surface area contributed by atoms with Crippen molar-refractivity contribution >= 4 is 0 Å². The molecule has 1 N–H and O–H groups in total. The maximum Gasteiger partial charge on any atom is 0.0249 e. The average molecular weight is 277 g/mol. The van der Waals surface area contributed by atoms with E-state index in [9.17, 15) is 0 Å². The van der Waals surface area contributed by atoms with E-state index < -0.39 is 0 Å². The van der Waals surface area contributed by atoms with Gasteiger partial charge in [-0.05, 0) is 23.6 Å². The Morgan fingerprint density at radius 3 is 2.14 bits per heavy atom. The van der Waals surface area contributed by atoms with Crippen molar-refractivity contribution in [3.05, 3.63) is 71.8 Å². The quantitative estimate of drug-likeness (QED) is 0.806. The Morgan fingerprint density at radius 1 is 0.905 bits per heavy atom. The molecule has 21 heavy (non-hydrogen) atoms. The molecule has 0 heterocycles. The van der Waals surface area contributed by atoms with Crippen molar-refractivity contribution in [2.45, 2.75) is 32.9 Å². The molecule has 0 aromatic heterocycles. The zero-order chi connectivity index (χ0) is 14.9. The van der Waals surface area contributed by atoms with Crippen LogP contribution in [0.2, 0.25) is 0 Å². The fraction of sp³-hybridized carbons (Fsp3) is 0.300. The lowest BCUT2D eigenvalue weighted by atomic mass is 10.0. The van der Waals surface area contributed by atoms with Gasteiger partial charge in [-0.2, -0.15) is 0 Å². The Labute approximate surface area is 128 Å². The molecule has 2 aromatic rings. The Bertz CT molecular complexity index is 575. The molecular weight excluding hydrogens is 254 g/mol. The first kappa shape index (κ1) is 15.4. The smallest absolute Gasteiger partial charge is 0.0249 e. The zero-order valence-electron chi connectivity index (χ0n) is 12.8. The van der Waals surface area contributed by atoms with Gasteiger partial charge in [0, 0.05) is 24.6 Å². The maximum atomic E-state index is 3.62. The molecule has 1 heteroatoms. The summed E-state index contributed by atoms with van der Waals surface area (Å²) in [6.45, 7) is 5.39. The summed E-state index contributed by atoms with van der Waals surface area (Å²) in [6, 6.07) is 21.1. The topological polar surface area (TPSA) is 12.0 Å². The van der Waals surface area contributed by atoms with Crippen molar-refractivity contribution in [3.63, 3.8) is 0 Å². The predicted octanol–water partition coefficient (Wildman–Crippen LogP) is 4.24. The third-order valence-corrected chi connectivity index (χ3v) is 3.54. The molecule has 0 bridgehead atoms. The third-order valence-electron chi connectivity index (χ3n) is 3.54. The summed E-state index contributed by atoms with van der Waals surface area (Å²) in [5.74, 6) is 7.11. The fourth-order valence-corrected chi connectivity index (χ4v) is 2.17. The first-order valence-corrected chi connectivity index (χ1v) is 7.57. The summed E-state index contributed by atoms with van der Waals surface area (Å²) in [6.07, 6.45) is 0.874. The van der Waals surface area contributed by atoms with Gasteiger partial charge < -0.3 is 5.32 Å². The van der Waals surface area contributed by atoms with Crippen LogP contribution in [0.3, 0.4) is 0 Å². The van der Waals surface area contributed by atoms with Gasteiger partial charge in [0.2, 0.25) is 0 Å². The summed E-state index contributed by atoms with van der Waals surface area (Å²) in [5.41, 5.74) is 2.40. The van der Waals surface area contributed by atoms with Gasteiger partial charge in [0.1, 0.15) is 0 Å². The first-order valence-electron chi connectivity index (χ1n) is 7.57. The van der Waals surface area contributed by atoms with E-state index in [2.05, 4.69) is 73.5 Å². The van der Waals surface area contributed by atoms with E-state index in [1.165, 1.54) is 5.56 Å². The molecular formula is C20H23N. The van der Waals surface area contributed by atoms with Gasteiger partial charge in [0.25, 0.3) is 0 Å². The molecule has 2 rings (SSSR count). The van der Waals surface area contributed by atoms with Crippen LogP contribution in [0.5, 0.6) is 0 Å². The van der Waals surface area contributed by atoms with E-state index in [0.29, 0.717) is 12.0 Å². The third kappa shape index (κ3) is 5.45. The van der Waals surface area contributed by atoms with Gasteiger partial charge in [0.15, 0.2) is 0 Å². The van der Waals surface area contributed by atoms with E-state index in [4.69, 9.17) is 0 Å². The molecule has 108 valence electrons. The molecule has 0 aliphatic rings. The molecule has 2 aromatic carbocycles. The van der Waals surface area contributed by atoms with E-state index in [0.717, 1.165) is 18.5 Å². The van der Waals surface area contributed by atoms with Gasteiger partial charge >= 0.3 is 0 Å². The summed E-state index contributed by atoms with van der Waals surface area (Å²) in [5, 5.41) is 3.62. The Balaban J connectivity index is 1.89. The summed E-state index contributed by atoms with van der Waals surface area (Å²) in [7, 11) is 0. The average Bonchev–Trinajstić information content (AvgIpc) is 2.52. The van der Waals surface area contributed by atoms with Crippen molar-refractivity contribution in [1.29, 1.82) is 0 Å². The minimum Gasteiger partial charge on any atom is -0.309 e. The largest absolute Gasteiger partial charge is 0.309 e. The predicted molar refractivity (Wildman–Crippen MR) is 89.8 cm³/mol. The Kier molecular flexibility index (Phi) is 6.06. The van der Waals surface area contributed by atoms with E-state index >= 15 is 0 Å². The number of hydrogen-bond acceptors (Lipinski definition) is 1. The van der Waals surface area contributed by atoms with Crippen LogP contribution in [0.4, 0.5) is 0 Å². The standard InChI is InChI=1S/C20H23N/c1-17(2)20(21-16-19-12-7-4-8-13-19)15-9-14-18-10-5-3-6-11-18/h3-8,10-13,17,20-21H,15-16H2,1-2H3/t20-/m1/s1. The van der Waals surface area contributed by atoms with Crippen LogP contribution in [0.25, 0.3) is 0 Å². The molecule has 0 unspecified atom stereocenters. The lowest BCUT2D eigenvalue weighted by Gasteiger charge is -2.20. The monoisotopic (exact) mass is 277 g/mol. The number of hydrogen-bond donors (Lipinski definition) is 1. The van der Waals surface area contributed by atoms with E-state index in [1.807, 2.05) is 18.2 Å². The molecule has 0 saturated carbocycles. The second kappa shape index (κ2) is 8.29. The van der Waals surface area contributed by atoms with Crippen molar-refractivity contribution < 1.29 is 0 Å². The molecule has 0 aliphatic heterocycles. The Hall–Kier alpha value is -2.04. The minimum absolute atomic E-state index is 0.418. The van der Waals surface area contributed by atoms with Gasteiger partial charge in [-0.3, -0.25) is 0 Å². The van der Waals surface area contributed by atoms with Crippen molar-refractivity contribution in [2.75, 3.05) is 0 Å². The Morgan fingerprint density at radius 2 is 1.52 bits per heavy atom. The van der Waals surface area contributed by atoms with Crippen molar-refractivity contribution in [3.8, 4) is 11.8 Å². The lowest BCUT2D eigenvalue weighted by Crippen LogP contribution is -2.33. The normalized spacial score (nSPS) is 11.8. The number of benzene rings is 2. The van der Waals surface area contributed by atoms with Crippen molar-refractivity contribution in [2.24, 2.45) is 5.92 Å². The first-order chi connectivity index (χ1) is 10.3. The van der Waals surface area contributed by atoms with Gasteiger partial charge in [0.05, 0.1) is 0 Å². The van der Waals surface area contributed by atoms with Crippen LogP contribution in [0, 0.1) is 17.8 Å². The van der Waals surface area contributed by atoms with Crippen LogP contribution in [0.1, 0.15) is 31.4 Å². The minimum atomic E-state index is 0.418. The maximum absolute atomic E-state index is 3.62. The van der Waals surface area contributed by atoms with E-state index in [1.54, 1.807) is 0 Å². The summed E-state index contributed by atoms with van der Waals surface area (Å²) < 4.78 is 0. The molecule has 0 spiro atoms. The lowest BCUT2D eigenvalue weighted by molar-refractivity contribution is 0.404. The molecule has 0 amide bonds. The van der Waals surface area contributed by atoms with E-state index in [-0.39, 0.29) is 0 Å². The van der Waals surface area contributed by atoms with Crippen LogP contribution in [-0.4, -0.2) is 6.04 Å². The second-order valence-corrected chi connectivity index (χ2v) is 5.59. The highest BCUT2D eigenvalue weighted by Crippen LogP contribution is 2.08. The highest BCUT2D eigenvalue weighted by Gasteiger charge is 2.10. The fourth-order valence-electron chi connectivity index (χ4n) is 2.17. The SMILES string of the molecule is CC(C)[C@@H](CC#Cc1ccccc1)NCc1ccccc1. The molecule has 1 atom stereocenters. The number of rotatable bonds is 5. The van der Waals surface area contributed by atoms with Crippen molar-refractivity contribution in [1.82, 2.24) is 5.32 Å². The van der Waals surface area contributed by atoms with Crippen LogP contribution < -0.4 is 5.32 Å². The second-order valence-electron chi connectivity index (χ2n) is 5.59. The van der Waals surface area contributed by atoms with Gasteiger partial charge in [-0.25, -0.2) is 0 Å². The molecule has 0 saturated heterocycles. The van der Waals surface area contributed by atoms with Gasteiger partial charge in [-0.1, -0.05) is 74.2 Å². The molecule has 0 radical (unpaired) electrons. The highest BCUT2D eigenvalue weighted by atomic mass is 14.9.